The third kappa shape index (κ3) is 10.6. The number of amides is 1. The maximum absolute atomic E-state index is 13.2. The molecule has 11 heteroatoms. The fourth-order valence-electron chi connectivity index (χ4n) is 4.00. The minimum atomic E-state index is -3.81. The van der Waals surface area contributed by atoms with Gasteiger partial charge in [0.1, 0.15) is 11.4 Å². The topological polar surface area (TPSA) is 119 Å². The van der Waals surface area contributed by atoms with Gasteiger partial charge >= 0.3 is 12.1 Å². The molecule has 0 spiro atoms. The summed E-state index contributed by atoms with van der Waals surface area (Å²) in [5.74, 6) is -0.177. The molecule has 1 unspecified atom stereocenters. The number of rotatable bonds is 12. The van der Waals surface area contributed by atoms with Crippen molar-refractivity contribution in [2.75, 3.05) is 19.7 Å². The van der Waals surface area contributed by atoms with Crippen molar-refractivity contribution in [1.29, 1.82) is 0 Å². The van der Waals surface area contributed by atoms with Gasteiger partial charge in [0.05, 0.1) is 28.5 Å². The summed E-state index contributed by atoms with van der Waals surface area (Å²) in [5.41, 5.74) is 0.640. The summed E-state index contributed by atoms with van der Waals surface area (Å²) < 4.78 is 42.3. The predicted molar refractivity (Wildman–Crippen MR) is 163 cm³/mol. The highest BCUT2D eigenvalue weighted by molar-refractivity contribution is 7.91. The number of esters is 1. The average molecular weight is 632 g/mol. The zero-order valence-electron chi connectivity index (χ0n) is 24.9. The van der Waals surface area contributed by atoms with E-state index in [1.165, 1.54) is 41.3 Å². The lowest BCUT2D eigenvalue weighted by molar-refractivity contribution is -0.149. The fraction of sp³-hybridized carbons (Fsp3) is 0.375. The Bertz CT molecular complexity index is 1480. The molecule has 0 bridgehead atoms. The number of aliphatic hydroxyl groups is 1. The highest BCUT2D eigenvalue weighted by Gasteiger charge is 2.25. The van der Waals surface area contributed by atoms with Crippen molar-refractivity contribution in [3.63, 3.8) is 0 Å². The summed E-state index contributed by atoms with van der Waals surface area (Å²) in [6, 6.07) is 19.0. The van der Waals surface area contributed by atoms with Gasteiger partial charge < -0.3 is 24.2 Å². The highest BCUT2D eigenvalue weighted by Crippen LogP contribution is 2.24. The number of ether oxygens (including phenoxy) is 3. The third-order valence-corrected chi connectivity index (χ3v) is 8.06. The molecule has 3 aromatic rings. The lowest BCUT2D eigenvalue weighted by Crippen LogP contribution is -2.40. The molecule has 0 fully saturated rings. The van der Waals surface area contributed by atoms with Gasteiger partial charge in [0.15, 0.2) is 6.61 Å². The number of halogens is 1. The number of benzene rings is 3. The van der Waals surface area contributed by atoms with Crippen molar-refractivity contribution in [2.24, 2.45) is 0 Å². The van der Waals surface area contributed by atoms with Crippen LogP contribution in [0.2, 0.25) is 5.02 Å². The molecule has 0 heterocycles. The summed E-state index contributed by atoms with van der Waals surface area (Å²) in [6.07, 6.45) is -1.42. The molecular weight excluding hydrogens is 594 g/mol. The van der Waals surface area contributed by atoms with E-state index >= 15 is 0 Å². The van der Waals surface area contributed by atoms with Crippen molar-refractivity contribution in [1.82, 2.24) is 4.90 Å². The average Bonchev–Trinajstić information content (AvgIpc) is 2.93. The quantitative estimate of drug-likeness (QED) is 0.241. The predicted octanol–water partition coefficient (Wildman–Crippen LogP) is 6.02. The second-order valence-electron chi connectivity index (χ2n) is 11.2. The van der Waals surface area contributed by atoms with Crippen LogP contribution in [0.5, 0.6) is 5.75 Å². The van der Waals surface area contributed by atoms with Gasteiger partial charge in [-0.3, -0.25) is 0 Å². The van der Waals surface area contributed by atoms with E-state index in [-0.39, 0.29) is 35.6 Å². The third-order valence-electron chi connectivity index (χ3n) is 6.04. The van der Waals surface area contributed by atoms with Crippen molar-refractivity contribution in [3.8, 4) is 5.75 Å². The van der Waals surface area contributed by atoms with Crippen LogP contribution in [-0.2, 0) is 30.5 Å². The minimum absolute atomic E-state index is 0.0136. The Morgan fingerprint density at radius 1 is 0.953 bits per heavy atom. The van der Waals surface area contributed by atoms with Crippen LogP contribution in [0.25, 0.3) is 0 Å². The zero-order chi connectivity index (χ0) is 31.8. The van der Waals surface area contributed by atoms with E-state index in [0.29, 0.717) is 22.8 Å². The van der Waals surface area contributed by atoms with Crippen LogP contribution in [0.3, 0.4) is 0 Å². The van der Waals surface area contributed by atoms with Gasteiger partial charge in [-0.2, -0.15) is 0 Å². The normalized spacial score (nSPS) is 12.5. The van der Waals surface area contributed by atoms with Crippen molar-refractivity contribution in [2.45, 2.75) is 68.6 Å². The smallest absolute Gasteiger partial charge is 0.410 e. The lowest BCUT2D eigenvalue weighted by Gasteiger charge is -2.29. The first kappa shape index (κ1) is 33.9. The first-order valence-electron chi connectivity index (χ1n) is 13.8. The second-order valence-corrected chi connectivity index (χ2v) is 13.6. The van der Waals surface area contributed by atoms with Crippen LogP contribution < -0.4 is 4.74 Å². The monoisotopic (exact) mass is 631 g/mol. The van der Waals surface area contributed by atoms with Gasteiger partial charge in [-0.1, -0.05) is 35.9 Å². The highest BCUT2D eigenvalue weighted by atomic mass is 35.5. The molecule has 0 aliphatic rings. The molecule has 0 aliphatic carbocycles. The Kier molecular flexibility index (Phi) is 11.6. The van der Waals surface area contributed by atoms with E-state index in [9.17, 15) is 23.1 Å². The maximum Gasteiger partial charge on any atom is 0.410 e. The molecule has 1 amide bonds. The molecule has 232 valence electrons. The first-order valence-corrected chi connectivity index (χ1v) is 15.7. The maximum atomic E-state index is 13.2. The van der Waals surface area contributed by atoms with Crippen molar-refractivity contribution in [3.05, 3.63) is 88.9 Å². The number of nitrogens with zero attached hydrogens (tertiary/aromatic N) is 1. The lowest BCUT2D eigenvalue weighted by atomic mass is 10.1. The SMILES string of the molecule is CC(C)OC(=O)COc1ccc(S(=O)(=O)c2ccc(CCN(CC(O)c3cccc(Cl)c3)C(=O)OC(C)(C)C)cc2)cc1. The van der Waals surface area contributed by atoms with Crippen LogP contribution in [-0.4, -0.2) is 61.9 Å². The molecule has 0 aliphatic heterocycles. The van der Waals surface area contributed by atoms with E-state index in [0.717, 1.165) is 5.56 Å². The summed E-state index contributed by atoms with van der Waals surface area (Å²) in [4.78, 5) is 26.2. The van der Waals surface area contributed by atoms with Gasteiger partial charge in [-0.15, -0.1) is 0 Å². The van der Waals surface area contributed by atoms with Crippen LogP contribution in [0.4, 0.5) is 4.79 Å². The number of aliphatic hydroxyl groups excluding tert-OH is 1. The Balaban J connectivity index is 1.67. The van der Waals surface area contributed by atoms with E-state index in [4.69, 9.17) is 25.8 Å². The molecule has 43 heavy (non-hydrogen) atoms. The molecule has 0 aromatic heterocycles. The van der Waals surface area contributed by atoms with Crippen LogP contribution in [0.15, 0.2) is 82.6 Å². The number of carbonyl (C=O) groups excluding carboxylic acids is 2. The van der Waals surface area contributed by atoms with Crippen molar-refractivity contribution < 1.29 is 37.3 Å². The minimum Gasteiger partial charge on any atom is -0.482 e. The summed E-state index contributed by atoms with van der Waals surface area (Å²) in [6.45, 7) is 8.69. The molecule has 0 saturated carbocycles. The number of sulfone groups is 1. The largest absolute Gasteiger partial charge is 0.482 e. The molecule has 3 rings (SSSR count). The van der Waals surface area contributed by atoms with Gasteiger partial charge in [-0.05, 0) is 101 Å². The van der Waals surface area contributed by atoms with Gasteiger partial charge in [0.25, 0.3) is 0 Å². The molecule has 0 radical (unpaired) electrons. The molecule has 1 atom stereocenters. The van der Waals surface area contributed by atoms with E-state index in [1.807, 2.05) is 0 Å². The van der Waals surface area contributed by atoms with E-state index < -0.39 is 33.6 Å². The van der Waals surface area contributed by atoms with Crippen LogP contribution in [0.1, 0.15) is 51.8 Å². The van der Waals surface area contributed by atoms with Gasteiger partial charge in [0, 0.05) is 11.6 Å². The van der Waals surface area contributed by atoms with Gasteiger partial charge in [0.2, 0.25) is 9.84 Å². The Morgan fingerprint density at radius 3 is 2.12 bits per heavy atom. The Morgan fingerprint density at radius 2 is 1.56 bits per heavy atom. The standard InChI is InChI=1S/C32H38ClNO8S/c1-22(2)41-30(36)21-40-26-11-15-28(16-12-26)43(38,39)27-13-9-23(10-14-27)17-18-34(31(37)42-32(3,4)5)20-29(35)24-7-6-8-25(33)19-24/h6-16,19,22,29,35H,17-18,20-21H2,1-5H3. The molecule has 1 N–H and O–H groups in total. The molecular formula is C32H38ClNO8S. The summed E-state index contributed by atoms with van der Waals surface area (Å²) in [5, 5.41) is 11.3. The molecule has 3 aromatic carbocycles. The van der Waals surface area contributed by atoms with E-state index in [1.54, 1.807) is 71.0 Å². The van der Waals surface area contributed by atoms with E-state index in [2.05, 4.69) is 0 Å². The number of hydrogen-bond acceptors (Lipinski definition) is 8. The van der Waals surface area contributed by atoms with Crippen LogP contribution in [0, 0.1) is 0 Å². The zero-order valence-corrected chi connectivity index (χ0v) is 26.5. The number of carbonyl (C=O) groups is 2. The summed E-state index contributed by atoms with van der Waals surface area (Å²) >= 11 is 6.06. The summed E-state index contributed by atoms with van der Waals surface area (Å²) in [7, 11) is -3.81. The molecule has 9 nitrogen and oxygen atoms in total. The Hall–Kier alpha value is -3.60. The fourth-order valence-corrected chi connectivity index (χ4v) is 5.46. The first-order chi connectivity index (χ1) is 20.1. The second kappa shape index (κ2) is 14.7. The number of hydrogen-bond donors (Lipinski definition) is 1. The Labute approximate surface area is 258 Å². The van der Waals surface area contributed by atoms with Crippen LogP contribution >= 0.6 is 11.6 Å². The molecule has 0 saturated heterocycles. The van der Waals surface area contributed by atoms with Gasteiger partial charge in [-0.25, -0.2) is 18.0 Å². The van der Waals surface area contributed by atoms with Crippen molar-refractivity contribution >= 4 is 33.5 Å².